The molecule has 0 saturated heterocycles. The van der Waals surface area contributed by atoms with E-state index in [1.807, 2.05) is 0 Å². The topological polar surface area (TPSA) is 26.3 Å². The second kappa shape index (κ2) is 20.2. The van der Waals surface area contributed by atoms with Gasteiger partial charge in [0, 0.05) is 5.57 Å². The van der Waals surface area contributed by atoms with Gasteiger partial charge in [-0.25, -0.2) is 4.79 Å². The molecule has 0 atom stereocenters. The Kier molecular flexibility index (Phi) is 21.6. The van der Waals surface area contributed by atoms with Gasteiger partial charge >= 0.3 is 5.97 Å². The van der Waals surface area contributed by atoms with Gasteiger partial charge in [0.1, 0.15) is 0 Å². The molecule has 0 unspecified atom stereocenters. The van der Waals surface area contributed by atoms with E-state index in [-0.39, 0.29) is 5.97 Å². The maximum Gasteiger partial charge on any atom is 0.333 e. The fourth-order valence-corrected chi connectivity index (χ4v) is 1.99. The predicted octanol–water partition coefficient (Wildman–Crippen LogP) is 6.83. The number of rotatable bonds is 13. The summed E-state index contributed by atoms with van der Waals surface area (Å²) in [5.74, 6) is -0.284. The molecule has 0 aliphatic heterocycles. The molecule has 0 radical (unpaired) electrons. The van der Waals surface area contributed by atoms with Crippen LogP contribution in [0.2, 0.25) is 0 Å². The Morgan fingerprint density at radius 2 is 1.09 bits per heavy atom. The largest absolute Gasteiger partial charge is 0.462 e. The first-order valence-electron chi connectivity index (χ1n) is 9.42. The van der Waals surface area contributed by atoms with E-state index >= 15 is 0 Å². The predicted molar refractivity (Wildman–Crippen MR) is 98.2 cm³/mol. The van der Waals surface area contributed by atoms with E-state index in [0.29, 0.717) is 12.2 Å². The van der Waals surface area contributed by atoms with Crippen LogP contribution in [0.15, 0.2) is 12.2 Å². The van der Waals surface area contributed by atoms with Gasteiger partial charge in [-0.2, -0.15) is 0 Å². The molecular formula is C20H40O2. The smallest absolute Gasteiger partial charge is 0.333 e. The second-order valence-corrected chi connectivity index (χ2v) is 6.10. The van der Waals surface area contributed by atoms with Crippen molar-refractivity contribution in [2.75, 3.05) is 6.61 Å². The minimum Gasteiger partial charge on any atom is -0.462 e. The van der Waals surface area contributed by atoms with Gasteiger partial charge < -0.3 is 4.74 Å². The molecule has 0 aliphatic carbocycles. The summed E-state index contributed by atoms with van der Waals surface area (Å²) in [6.45, 7) is 12.2. The molecule has 0 fully saturated rings. The van der Waals surface area contributed by atoms with E-state index < -0.39 is 0 Å². The molecule has 22 heavy (non-hydrogen) atoms. The number of carbonyl (C=O) groups excluding carboxylic acids is 1. The van der Waals surface area contributed by atoms with Crippen LogP contribution in [0.3, 0.4) is 0 Å². The molecule has 0 aliphatic rings. The highest BCUT2D eigenvalue weighted by Crippen LogP contribution is 2.09. The molecule has 0 spiro atoms. The first-order chi connectivity index (χ1) is 10.6. The van der Waals surface area contributed by atoms with E-state index in [9.17, 15) is 4.79 Å². The van der Waals surface area contributed by atoms with Crippen molar-refractivity contribution < 1.29 is 9.53 Å². The lowest BCUT2D eigenvalue weighted by Crippen LogP contribution is -2.05. The molecule has 0 aromatic heterocycles. The van der Waals surface area contributed by atoms with Crippen LogP contribution < -0.4 is 0 Å². The summed E-state index contributed by atoms with van der Waals surface area (Å²) in [6, 6.07) is 0. The van der Waals surface area contributed by atoms with E-state index in [0.717, 1.165) is 12.8 Å². The fraction of sp³-hybridized carbons (Fsp3) is 0.850. The zero-order chi connectivity index (χ0) is 17.1. The van der Waals surface area contributed by atoms with Crippen LogP contribution in [-0.4, -0.2) is 12.6 Å². The van der Waals surface area contributed by atoms with Crippen LogP contribution in [0.4, 0.5) is 0 Å². The third-order valence-corrected chi connectivity index (χ3v) is 3.54. The molecule has 0 N–H and O–H groups in total. The lowest BCUT2D eigenvalue weighted by atomic mass is 10.1. The van der Waals surface area contributed by atoms with Gasteiger partial charge in [0.2, 0.25) is 0 Å². The SMILES string of the molecule is C=C(C)C(=O)OCCCC.CCCCCCCCCCCC. The third kappa shape index (κ3) is 21.5. The molecule has 0 aromatic carbocycles. The molecular weight excluding hydrogens is 272 g/mol. The van der Waals surface area contributed by atoms with E-state index in [1.54, 1.807) is 6.92 Å². The van der Waals surface area contributed by atoms with Crippen LogP contribution in [0.5, 0.6) is 0 Å². The monoisotopic (exact) mass is 312 g/mol. The summed E-state index contributed by atoms with van der Waals surface area (Å²) < 4.78 is 4.81. The number of hydrogen-bond acceptors (Lipinski definition) is 2. The molecule has 2 nitrogen and oxygen atoms in total. The van der Waals surface area contributed by atoms with E-state index in [1.165, 1.54) is 64.2 Å². The van der Waals surface area contributed by atoms with E-state index in [2.05, 4.69) is 27.4 Å². The maximum atomic E-state index is 10.7. The van der Waals surface area contributed by atoms with E-state index in [4.69, 9.17) is 4.74 Å². The quantitative estimate of drug-likeness (QED) is 0.211. The normalized spacial score (nSPS) is 9.82. The minimum atomic E-state index is -0.284. The zero-order valence-corrected chi connectivity index (χ0v) is 15.7. The van der Waals surface area contributed by atoms with Gasteiger partial charge in [-0.1, -0.05) is 98.0 Å². The van der Waals surface area contributed by atoms with Gasteiger partial charge in [-0.05, 0) is 13.3 Å². The molecule has 2 heteroatoms. The summed E-state index contributed by atoms with van der Waals surface area (Å²) in [5, 5.41) is 0. The summed E-state index contributed by atoms with van der Waals surface area (Å²) in [6.07, 6.45) is 16.4. The standard InChI is InChI=1S/C12H26.C8H14O2/c1-3-5-7-9-11-12-10-8-6-4-2;1-4-5-6-10-8(9)7(2)3/h3-12H2,1-2H3;2,4-6H2,1,3H3. The summed E-state index contributed by atoms with van der Waals surface area (Å²) in [7, 11) is 0. The number of hydrogen-bond donors (Lipinski definition) is 0. The Balaban J connectivity index is 0. The van der Waals surface area contributed by atoms with Crippen LogP contribution in [0.1, 0.15) is 105 Å². The Labute approximate surface area is 139 Å². The average molecular weight is 313 g/mol. The zero-order valence-electron chi connectivity index (χ0n) is 15.7. The molecule has 0 amide bonds. The second-order valence-electron chi connectivity index (χ2n) is 6.10. The molecule has 0 rings (SSSR count). The van der Waals surface area contributed by atoms with Gasteiger partial charge in [-0.3, -0.25) is 0 Å². The summed E-state index contributed by atoms with van der Waals surface area (Å²) in [5.41, 5.74) is 0.469. The number of unbranched alkanes of at least 4 members (excludes halogenated alkanes) is 10. The lowest BCUT2D eigenvalue weighted by molar-refractivity contribution is -0.139. The Hall–Kier alpha value is -0.790. The van der Waals surface area contributed by atoms with Gasteiger partial charge in [-0.15, -0.1) is 0 Å². The molecule has 0 saturated carbocycles. The third-order valence-electron chi connectivity index (χ3n) is 3.54. The summed E-state index contributed by atoms with van der Waals surface area (Å²) in [4.78, 5) is 10.7. The Bertz CT molecular complexity index is 236. The minimum absolute atomic E-state index is 0.284. The van der Waals surface area contributed by atoms with Gasteiger partial charge in [0.25, 0.3) is 0 Å². The van der Waals surface area contributed by atoms with Crippen LogP contribution >= 0.6 is 0 Å². The highest BCUT2D eigenvalue weighted by Gasteiger charge is 2.00. The van der Waals surface area contributed by atoms with Crippen molar-refractivity contribution in [2.24, 2.45) is 0 Å². The molecule has 0 bridgehead atoms. The van der Waals surface area contributed by atoms with Crippen LogP contribution in [0, 0.1) is 0 Å². The lowest BCUT2D eigenvalue weighted by Gasteiger charge is -2.01. The maximum absolute atomic E-state index is 10.7. The number of ether oxygens (including phenoxy) is 1. The number of carbonyl (C=O) groups is 1. The van der Waals surface area contributed by atoms with Crippen LogP contribution in [-0.2, 0) is 9.53 Å². The Morgan fingerprint density at radius 3 is 1.41 bits per heavy atom. The first-order valence-corrected chi connectivity index (χ1v) is 9.42. The van der Waals surface area contributed by atoms with Crippen molar-refractivity contribution in [2.45, 2.75) is 105 Å². The van der Waals surface area contributed by atoms with Gasteiger partial charge in [0.05, 0.1) is 6.61 Å². The number of esters is 1. The Morgan fingerprint density at radius 1 is 0.727 bits per heavy atom. The molecule has 132 valence electrons. The average Bonchev–Trinajstić information content (AvgIpc) is 2.50. The highest BCUT2D eigenvalue weighted by atomic mass is 16.5. The van der Waals surface area contributed by atoms with Crippen molar-refractivity contribution in [3.63, 3.8) is 0 Å². The van der Waals surface area contributed by atoms with Gasteiger partial charge in [0.15, 0.2) is 0 Å². The van der Waals surface area contributed by atoms with Crippen molar-refractivity contribution >= 4 is 5.97 Å². The fourth-order valence-electron chi connectivity index (χ4n) is 1.99. The van der Waals surface area contributed by atoms with Crippen molar-refractivity contribution in [1.29, 1.82) is 0 Å². The van der Waals surface area contributed by atoms with Crippen molar-refractivity contribution in [1.82, 2.24) is 0 Å². The summed E-state index contributed by atoms with van der Waals surface area (Å²) >= 11 is 0. The first kappa shape index (κ1) is 23.5. The van der Waals surface area contributed by atoms with Crippen molar-refractivity contribution in [3.8, 4) is 0 Å². The van der Waals surface area contributed by atoms with Crippen LogP contribution in [0.25, 0.3) is 0 Å². The van der Waals surface area contributed by atoms with Crippen molar-refractivity contribution in [3.05, 3.63) is 12.2 Å². The highest BCUT2D eigenvalue weighted by molar-refractivity contribution is 5.86. The molecule has 0 heterocycles. The molecule has 0 aromatic rings.